The Bertz CT molecular complexity index is 1190. The van der Waals surface area contributed by atoms with E-state index in [1.807, 2.05) is 6.07 Å². The fraction of sp³-hybridized carbons (Fsp3) is 0.318. The molecule has 1 fully saturated rings. The summed E-state index contributed by atoms with van der Waals surface area (Å²) in [6.07, 6.45) is 1.45. The van der Waals surface area contributed by atoms with Gasteiger partial charge in [0.05, 0.1) is 27.2 Å². The van der Waals surface area contributed by atoms with Gasteiger partial charge in [0, 0.05) is 56.7 Å². The maximum Gasteiger partial charge on any atom is 0.257 e. The summed E-state index contributed by atoms with van der Waals surface area (Å²) < 4.78 is 15.2. The Kier molecular flexibility index (Phi) is 6.35. The van der Waals surface area contributed by atoms with Crippen LogP contribution in [0, 0.1) is 5.82 Å². The van der Waals surface area contributed by atoms with Crippen molar-refractivity contribution in [2.24, 2.45) is 10.7 Å². The number of carbonyl (C=O) groups excluding carboxylic acids is 1. The molecule has 4 rings (SSSR count). The summed E-state index contributed by atoms with van der Waals surface area (Å²) in [7, 11) is 1.57. The van der Waals surface area contributed by atoms with E-state index in [-0.39, 0.29) is 11.6 Å². The Hall–Kier alpha value is -3.08. The standard InChI is InChI=1S/C22H26FN7OS/c1-12-11-30(6-5-27-12)17-4-3-15(20-21(17)32-18(9-24)29-20)22(31)28-14-7-13(10-26-2)19(25)16(23)8-14/h3-4,7-8,10,12,27H,5-6,9,11,24-25H2,1-2H3,(H,28,31). The van der Waals surface area contributed by atoms with Crippen molar-refractivity contribution in [3.05, 3.63) is 46.2 Å². The highest BCUT2D eigenvalue weighted by molar-refractivity contribution is 7.19. The van der Waals surface area contributed by atoms with Gasteiger partial charge in [-0.25, -0.2) is 9.37 Å². The molecule has 1 amide bonds. The van der Waals surface area contributed by atoms with Gasteiger partial charge in [-0.1, -0.05) is 0 Å². The third-order valence-electron chi connectivity index (χ3n) is 5.38. The fourth-order valence-corrected chi connectivity index (χ4v) is 4.87. The van der Waals surface area contributed by atoms with Crippen molar-refractivity contribution in [1.29, 1.82) is 0 Å². The van der Waals surface area contributed by atoms with Crippen molar-refractivity contribution in [2.45, 2.75) is 19.5 Å². The second kappa shape index (κ2) is 9.19. The molecule has 3 aromatic rings. The van der Waals surface area contributed by atoms with Crippen molar-refractivity contribution < 1.29 is 9.18 Å². The summed E-state index contributed by atoms with van der Waals surface area (Å²) in [5, 5.41) is 6.96. The van der Waals surface area contributed by atoms with Crippen LogP contribution in [0.15, 0.2) is 29.3 Å². The van der Waals surface area contributed by atoms with Crippen LogP contribution in [0.2, 0.25) is 0 Å². The van der Waals surface area contributed by atoms with Crippen molar-refractivity contribution in [3.63, 3.8) is 0 Å². The smallest absolute Gasteiger partial charge is 0.257 e. The molecule has 1 aromatic heterocycles. The zero-order valence-electron chi connectivity index (χ0n) is 18.0. The van der Waals surface area contributed by atoms with Crippen LogP contribution in [0.4, 0.5) is 21.5 Å². The van der Waals surface area contributed by atoms with Crippen LogP contribution in [-0.4, -0.2) is 49.8 Å². The van der Waals surface area contributed by atoms with E-state index in [2.05, 4.69) is 32.4 Å². The van der Waals surface area contributed by atoms with E-state index in [0.717, 1.165) is 35.0 Å². The number of nitrogen functional groups attached to an aromatic ring is 1. The molecule has 1 aliphatic rings. The molecule has 1 aliphatic heterocycles. The molecule has 1 saturated heterocycles. The number of anilines is 3. The molecule has 2 heterocycles. The van der Waals surface area contributed by atoms with Crippen molar-refractivity contribution in [3.8, 4) is 0 Å². The first kappa shape index (κ1) is 22.1. The summed E-state index contributed by atoms with van der Waals surface area (Å²) in [5.41, 5.74) is 14.3. The topological polar surface area (TPSA) is 122 Å². The van der Waals surface area contributed by atoms with Crippen molar-refractivity contribution in [1.82, 2.24) is 10.3 Å². The largest absolute Gasteiger partial charge is 0.396 e. The molecular formula is C22H26FN7OS. The van der Waals surface area contributed by atoms with Crippen LogP contribution in [0.5, 0.6) is 0 Å². The number of thiazole rings is 1. The number of aromatic nitrogens is 1. The number of nitrogens with two attached hydrogens (primary N) is 2. The van der Waals surface area contributed by atoms with Gasteiger partial charge in [0.25, 0.3) is 5.91 Å². The minimum atomic E-state index is -0.620. The van der Waals surface area contributed by atoms with Crippen LogP contribution in [0.3, 0.4) is 0 Å². The first-order valence-corrected chi connectivity index (χ1v) is 11.2. The Labute approximate surface area is 189 Å². The summed E-state index contributed by atoms with van der Waals surface area (Å²) in [6.45, 7) is 5.06. The number of piperazine rings is 1. The van der Waals surface area contributed by atoms with E-state index in [4.69, 9.17) is 11.5 Å². The van der Waals surface area contributed by atoms with E-state index >= 15 is 0 Å². The van der Waals surface area contributed by atoms with Gasteiger partial charge in [-0.3, -0.25) is 9.79 Å². The normalized spacial score (nSPS) is 16.8. The van der Waals surface area contributed by atoms with Crippen LogP contribution in [0.1, 0.15) is 27.9 Å². The van der Waals surface area contributed by atoms with Gasteiger partial charge >= 0.3 is 0 Å². The van der Waals surface area contributed by atoms with E-state index < -0.39 is 5.82 Å². The van der Waals surface area contributed by atoms with Gasteiger partial charge in [0.15, 0.2) is 0 Å². The summed E-state index contributed by atoms with van der Waals surface area (Å²) in [6, 6.07) is 6.86. The maximum absolute atomic E-state index is 14.2. The van der Waals surface area contributed by atoms with Crippen molar-refractivity contribution >= 4 is 50.7 Å². The van der Waals surface area contributed by atoms with Crippen LogP contribution in [-0.2, 0) is 6.54 Å². The number of rotatable bonds is 5. The number of hydrogen-bond donors (Lipinski definition) is 4. The molecule has 0 bridgehead atoms. The predicted molar refractivity (Wildman–Crippen MR) is 129 cm³/mol. The van der Waals surface area contributed by atoms with Gasteiger partial charge in [-0.15, -0.1) is 11.3 Å². The third kappa shape index (κ3) is 4.29. The number of benzene rings is 2. The molecule has 8 nitrogen and oxygen atoms in total. The highest BCUT2D eigenvalue weighted by Gasteiger charge is 2.23. The summed E-state index contributed by atoms with van der Waals surface area (Å²) in [5.74, 6) is -1.00. The molecule has 168 valence electrons. The molecule has 0 saturated carbocycles. The minimum absolute atomic E-state index is 0.0160. The van der Waals surface area contributed by atoms with Gasteiger partial charge in [0.2, 0.25) is 0 Å². The third-order valence-corrected chi connectivity index (χ3v) is 6.48. The number of fused-ring (bicyclic) bond motifs is 1. The van der Waals surface area contributed by atoms with E-state index in [0.29, 0.717) is 34.9 Å². The second-order valence-electron chi connectivity index (χ2n) is 7.73. The lowest BCUT2D eigenvalue weighted by Crippen LogP contribution is -2.49. The monoisotopic (exact) mass is 455 g/mol. The quantitative estimate of drug-likeness (QED) is 0.347. The predicted octanol–water partition coefficient (Wildman–Crippen LogP) is 2.58. The van der Waals surface area contributed by atoms with E-state index in [1.54, 1.807) is 19.2 Å². The Morgan fingerprint density at radius 2 is 2.28 bits per heavy atom. The molecule has 0 aliphatic carbocycles. The van der Waals surface area contributed by atoms with Crippen molar-refractivity contribution in [2.75, 3.05) is 42.6 Å². The second-order valence-corrected chi connectivity index (χ2v) is 8.81. The SMILES string of the molecule is CN=Cc1cc(NC(=O)c2ccc(N3CCNC(C)C3)c3sc(CN)nc23)cc(F)c1N. The Morgan fingerprint density at radius 3 is 3.00 bits per heavy atom. The lowest BCUT2D eigenvalue weighted by atomic mass is 10.1. The van der Waals surface area contributed by atoms with Crippen LogP contribution in [0.25, 0.3) is 10.2 Å². The molecule has 6 N–H and O–H groups in total. The number of nitrogens with one attached hydrogen (secondary N) is 2. The van der Waals surface area contributed by atoms with E-state index in [1.165, 1.54) is 23.6 Å². The molecule has 1 unspecified atom stereocenters. The number of carbonyl (C=O) groups is 1. The van der Waals surface area contributed by atoms with Gasteiger partial charge in [-0.2, -0.15) is 0 Å². The number of hydrogen-bond acceptors (Lipinski definition) is 8. The summed E-state index contributed by atoms with van der Waals surface area (Å²) in [4.78, 5) is 23.9. The fourth-order valence-electron chi connectivity index (χ4n) is 3.86. The zero-order valence-corrected chi connectivity index (χ0v) is 18.8. The molecular weight excluding hydrogens is 429 g/mol. The van der Waals surface area contributed by atoms with E-state index in [9.17, 15) is 9.18 Å². The molecule has 2 aromatic carbocycles. The number of aliphatic imine (C=N–C) groups is 1. The molecule has 0 radical (unpaired) electrons. The lowest BCUT2D eigenvalue weighted by molar-refractivity contribution is 0.102. The Balaban J connectivity index is 1.71. The molecule has 0 spiro atoms. The molecule has 32 heavy (non-hydrogen) atoms. The number of nitrogens with zero attached hydrogens (tertiary/aromatic N) is 3. The first-order valence-electron chi connectivity index (χ1n) is 10.3. The van der Waals surface area contributed by atoms with Gasteiger partial charge in [0.1, 0.15) is 10.8 Å². The van der Waals surface area contributed by atoms with Gasteiger partial charge < -0.3 is 27.0 Å². The average Bonchev–Trinajstić information content (AvgIpc) is 3.21. The van der Waals surface area contributed by atoms with Gasteiger partial charge in [-0.05, 0) is 31.2 Å². The summed E-state index contributed by atoms with van der Waals surface area (Å²) >= 11 is 1.50. The zero-order chi connectivity index (χ0) is 22.8. The van der Waals surface area contributed by atoms with Crippen LogP contribution < -0.4 is 27.0 Å². The first-order chi connectivity index (χ1) is 15.4. The maximum atomic E-state index is 14.2. The average molecular weight is 456 g/mol. The molecule has 1 atom stereocenters. The highest BCUT2D eigenvalue weighted by Crippen LogP contribution is 2.35. The number of halogens is 1. The minimum Gasteiger partial charge on any atom is -0.396 e. The Morgan fingerprint density at radius 1 is 1.47 bits per heavy atom. The van der Waals surface area contributed by atoms with Crippen LogP contribution >= 0.6 is 11.3 Å². The number of amides is 1. The lowest BCUT2D eigenvalue weighted by Gasteiger charge is -2.34. The molecule has 10 heteroatoms. The highest BCUT2D eigenvalue weighted by atomic mass is 32.1.